The zero-order chi connectivity index (χ0) is 13.8. The zero-order valence-electron chi connectivity index (χ0n) is 11.0. The topological polar surface area (TPSA) is 46.2 Å². The summed E-state index contributed by atoms with van der Waals surface area (Å²) < 4.78 is 27.7. The minimum atomic E-state index is -3.46. The molecule has 0 aliphatic heterocycles. The van der Waals surface area contributed by atoms with E-state index in [1.54, 1.807) is 6.07 Å². The fourth-order valence-electron chi connectivity index (χ4n) is 1.64. The van der Waals surface area contributed by atoms with Gasteiger partial charge in [-0.2, -0.15) is 0 Å². The molecule has 104 valence electrons. The summed E-state index contributed by atoms with van der Waals surface area (Å²) in [5.41, 5.74) is -0.545. The van der Waals surface area contributed by atoms with E-state index in [1.807, 2.05) is 26.8 Å². The van der Waals surface area contributed by atoms with Gasteiger partial charge in [0.2, 0.25) is 0 Å². The van der Waals surface area contributed by atoms with Crippen LogP contribution in [-0.4, -0.2) is 19.8 Å². The molecule has 0 saturated heterocycles. The van der Waals surface area contributed by atoms with Crippen molar-refractivity contribution in [2.75, 3.05) is 5.88 Å². The predicted molar refractivity (Wildman–Crippen MR) is 78.1 cm³/mol. The number of thiophene rings is 1. The van der Waals surface area contributed by atoms with E-state index in [4.69, 9.17) is 11.6 Å². The molecule has 1 aromatic rings. The molecule has 0 aliphatic carbocycles. The Morgan fingerprint density at radius 1 is 1.28 bits per heavy atom. The van der Waals surface area contributed by atoms with E-state index in [0.717, 1.165) is 11.3 Å². The lowest BCUT2D eigenvalue weighted by molar-refractivity contribution is 0.394. The van der Waals surface area contributed by atoms with Crippen molar-refractivity contribution >= 4 is 33.0 Å². The number of halogens is 1. The number of rotatable bonds is 7. The first kappa shape index (κ1) is 16.0. The van der Waals surface area contributed by atoms with Crippen molar-refractivity contribution in [1.29, 1.82) is 0 Å². The molecule has 0 saturated carbocycles. The summed E-state index contributed by atoms with van der Waals surface area (Å²) in [5.74, 6) is 0.283. The second-order valence-corrected chi connectivity index (χ2v) is 7.65. The van der Waals surface area contributed by atoms with E-state index < -0.39 is 15.6 Å². The second-order valence-electron chi connectivity index (χ2n) is 4.30. The quantitative estimate of drug-likeness (QED) is 0.785. The summed E-state index contributed by atoms with van der Waals surface area (Å²) in [6, 6.07) is 3.52. The number of aryl methyl sites for hydroxylation is 1. The number of nitrogens with one attached hydrogen (secondary N) is 1. The molecule has 0 spiro atoms. The Bertz CT molecular complexity index is 470. The minimum Gasteiger partial charge on any atom is -0.206 e. The van der Waals surface area contributed by atoms with Gasteiger partial charge >= 0.3 is 0 Å². The third-order valence-electron chi connectivity index (χ3n) is 3.21. The Balaban J connectivity index is 3.00. The molecular formula is C12H20ClNO2S2. The molecule has 1 rings (SSSR count). The Morgan fingerprint density at radius 2 is 1.89 bits per heavy atom. The Labute approximate surface area is 119 Å². The van der Waals surface area contributed by atoms with Crippen LogP contribution in [0, 0.1) is 0 Å². The average Bonchev–Trinajstić information content (AvgIpc) is 2.85. The maximum Gasteiger partial charge on any atom is 0.250 e. The molecule has 6 heteroatoms. The van der Waals surface area contributed by atoms with Crippen molar-refractivity contribution in [2.24, 2.45) is 0 Å². The first-order valence-corrected chi connectivity index (χ1v) is 8.95. The molecule has 1 N–H and O–H groups in total. The van der Waals surface area contributed by atoms with E-state index in [2.05, 4.69) is 4.72 Å². The number of alkyl halides is 1. The highest BCUT2D eigenvalue weighted by Gasteiger charge is 2.31. The van der Waals surface area contributed by atoms with Gasteiger partial charge in [0.15, 0.2) is 0 Å². The molecule has 0 aromatic carbocycles. The lowest BCUT2D eigenvalue weighted by atomic mass is 9.97. The maximum atomic E-state index is 12.3. The Hall–Kier alpha value is -0.100. The second kappa shape index (κ2) is 6.37. The molecule has 0 radical (unpaired) electrons. The summed E-state index contributed by atoms with van der Waals surface area (Å²) in [5, 5.41) is 0. The van der Waals surface area contributed by atoms with Crippen molar-refractivity contribution in [3.05, 3.63) is 17.0 Å². The van der Waals surface area contributed by atoms with E-state index in [1.165, 1.54) is 11.3 Å². The molecule has 0 unspecified atom stereocenters. The fraction of sp³-hybridized carbons (Fsp3) is 0.667. The normalized spacial score (nSPS) is 12.9. The molecule has 0 bridgehead atoms. The van der Waals surface area contributed by atoms with Gasteiger partial charge in [-0.25, -0.2) is 13.1 Å². The van der Waals surface area contributed by atoms with Gasteiger partial charge in [-0.3, -0.25) is 0 Å². The van der Waals surface area contributed by atoms with Gasteiger partial charge in [0.05, 0.1) is 0 Å². The van der Waals surface area contributed by atoms with Crippen LogP contribution in [0.2, 0.25) is 0 Å². The molecule has 1 aromatic heterocycles. The summed E-state index contributed by atoms with van der Waals surface area (Å²) >= 11 is 7.25. The Morgan fingerprint density at radius 3 is 2.28 bits per heavy atom. The summed E-state index contributed by atoms with van der Waals surface area (Å²) in [7, 11) is -3.46. The smallest absolute Gasteiger partial charge is 0.206 e. The van der Waals surface area contributed by atoms with Gasteiger partial charge in [-0.1, -0.05) is 20.8 Å². The van der Waals surface area contributed by atoms with Crippen LogP contribution >= 0.6 is 22.9 Å². The van der Waals surface area contributed by atoms with Crippen LogP contribution in [0.15, 0.2) is 16.3 Å². The highest BCUT2D eigenvalue weighted by molar-refractivity contribution is 7.91. The number of sulfonamides is 1. The van der Waals surface area contributed by atoms with Gasteiger partial charge in [0.25, 0.3) is 10.0 Å². The van der Waals surface area contributed by atoms with Crippen LogP contribution < -0.4 is 4.72 Å². The SMILES string of the molecule is CCc1ccc(S(=O)(=O)NC(CC)(CC)CCl)s1. The maximum absolute atomic E-state index is 12.3. The number of hydrogen-bond donors (Lipinski definition) is 1. The molecule has 18 heavy (non-hydrogen) atoms. The summed E-state index contributed by atoms with van der Waals surface area (Å²) in [4.78, 5) is 1.07. The molecular weight excluding hydrogens is 290 g/mol. The third kappa shape index (κ3) is 3.47. The van der Waals surface area contributed by atoms with Gasteiger partial charge in [0.1, 0.15) is 4.21 Å². The predicted octanol–water partition coefficient (Wildman–Crippen LogP) is 3.39. The largest absolute Gasteiger partial charge is 0.250 e. The summed E-state index contributed by atoms with van der Waals surface area (Å²) in [6.45, 7) is 5.90. The van der Waals surface area contributed by atoms with Crippen LogP contribution in [0.4, 0.5) is 0 Å². The molecule has 3 nitrogen and oxygen atoms in total. The van der Waals surface area contributed by atoms with Gasteiger partial charge < -0.3 is 0 Å². The number of hydrogen-bond acceptors (Lipinski definition) is 3. The standard InChI is InChI=1S/C12H20ClNO2S2/c1-4-10-7-8-11(17-10)18(15,16)14-12(5-2,6-3)9-13/h7-8,14H,4-6,9H2,1-3H3. The van der Waals surface area contributed by atoms with Gasteiger partial charge in [-0.15, -0.1) is 22.9 Å². The lowest BCUT2D eigenvalue weighted by Crippen LogP contribution is -2.48. The van der Waals surface area contributed by atoms with Crippen LogP contribution in [0.1, 0.15) is 38.5 Å². The zero-order valence-corrected chi connectivity index (χ0v) is 13.4. The van der Waals surface area contributed by atoms with E-state index >= 15 is 0 Å². The first-order chi connectivity index (χ1) is 8.43. The highest BCUT2D eigenvalue weighted by Crippen LogP contribution is 2.26. The van der Waals surface area contributed by atoms with Crippen molar-refractivity contribution < 1.29 is 8.42 Å². The summed E-state index contributed by atoms with van der Waals surface area (Å²) in [6.07, 6.45) is 2.21. The monoisotopic (exact) mass is 309 g/mol. The van der Waals surface area contributed by atoms with Crippen LogP contribution in [0.5, 0.6) is 0 Å². The first-order valence-electron chi connectivity index (χ1n) is 6.11. The van der Waals surface area contributed by atoms with E-state index in [9.17, 15) is 8.42 Å². The molecule has 0 aliphatic rings. The molecule has 0 amide bonds. The van der Waals surface area contributed by atoms with E-state index in [-0.39, 0.29) is 5.88 Å². The molecule has 0 atom stereocenters. The van der Waals surface area contributed by atoms with Crippen molar-refractivity contribution in [1.82, 2.24) is 4.72 Å². The lowest BCUT2D eigenvalue weighted by Gasteiger charge is -2.29. The van der Waals surface area contributed by atoms with Crippen LogP contribution in [0.3, 0.4) is 0 Å². The highest BCUT2D eigenvalue weighted by atomic mass is 35.5. The van der Waals surface area contributed by atoms with Crippen molar-refractivity contribution in [3.63, 3.8) is 0 Å². The molecule has 0 fully saturated rings. The third-order valence-corrected chi connectivity index (χ3v) is 7.02. The Kier molecular flexibility index (Phi) is 5.65. The fourth-order valence-corrected chi connectivity index (χ4v) is 5.00. The van der Waals surface area contributed by atoms with Crippen LogP contribution in [0.25, 0.3) is 0 Å². The minimum absolute atomic E-state index is 0.283. The van der Waals surface area contributed by atoms with Gasteiger partial charge in [-0.05, 0) is 31.4 Å². The van der Waals surface area contributed by atoms with Gasteiger partial charge in [0, 0.05) is 16.3 Å². The van der Waals surface area contributed by atoms with E-state index in [0.29, 0.717) is 17.1 Å². The van der Waals surface area contributed by atoms with Crippen LogP contribution in [-0.2, 0) is 16.4 Å². The average molecular weight is 310 g/mol. The van der Waals surface area contributed by atoms with Crippen molar-refractivity contribution in [2.45, 2.75) is 49.8 Å². The molecule has 1 heterocycles. The van der Waals surface area contributed by atoms with Crippen molar-refractivity contribution in [3.8, 4) is 0 Å².